The van der Waals surface area contributed by atoms with Crippen molar-refractivity contribution >= 4 is 46.4 Å². The number of carbonyl (C=O) groups excluding carboxylic acids is 3. The lowest BCUT2D eigenvalue weighted by Crippen LogP contribution is -2.39. The minimum absolute atomic E-state index is 0.0749. The number of rotatable bonds is 2. The second-order valence-electron chi connectivity index (χ2n) is 5.65. The lowest BCUT2D eigenvalue weighted by molar-refractivity contribution is -0.126. The molecule has 0 unspecified atom stereocenters. The highest BCUT2D eigenvalue weighted by Gasteiger charge is 2.41. The molecule has 2 rings (SSSR count). The minimum atomic E-state index is -0.771. The molecule has 4 nitrogen and oxygen atoms in total. The van der Waals surface area contributed by atoms with Gasteiger partial charge in [-0.25, -0.2) is 0 Å². The Morgan fingerprint density at radius 2 is 1.70 bits per heavy atom. The molecule has 0 aromatic heterocycles. The van der Waals surface area contributed by atoms with Crippen LogP contribution in [0.25, 0.3) is 0 Å². The summed E-state index contributed by atoms with van der Waals surface area (Å²) in [7, 11) is 0. The second kappa shape index (κ2) is 4.86. The van der Waals surface area contributed by atoms with Crippen LogP contribution < -0.4 is 4.90 Å². The normalized spacial score (nSPS) is 14.8. The van der Waals surface area contributed by atoms with Gasteiger partial charge in [0.05, 0.1) is 27.8 Å². The highest BCUT2D eigenvalue weighted by molar-refractivity contribution is 6.57. The van der Waals surface area contributed by atoms with Crippen LogP contribution in [-0.2, 0) is 9.59 Å². The second-order valence-corrected chi connectivity index (χ2v) is 6.46. The number of hydrogen-bond acceptors (Lipinski definition) is 3. The molecule has 20 heavy (non-hydrogen) atoms. The number of ketones is 2. The molecular weight excluding hydrogens is 301 g/mol. The van der Waals surface area contributed by atoms with Crippen molar-refractivity contribution in [2.45, 2.75) is 20.8 Å². The molecule has 106 valence electrons. The maximum absolute atomic E-state index is 12.1. The average Bonchev–Trinajstić information content (AvgIpc) is 2.59. The van der Waals surface area contributed by atoms with Crippen LogP contribution in [0.5, 0.6) is 0 Å². The van der Waals surface area contributed by atoms with Gasteiger partial charge in [-0.05, 0) is 12.1 Å². The first-order valence-corrected chi connectivity index (χ1v) is 6.77. The third-order valence-electron chi connectivity index (χ3n) is 3.15. The molecule has 0 N–H and O–H groups in total. The fourth-order valence-electron chi connectivity index (χ4n) is 1.88. The van der Waals surface area contributed by atoms with E-state index in [0.29, 0.717) is 0 Å². The Labute approximate surface area is 126 Å². The van der Waals surface area contributed by atoms with Gasteiger partial charge in [-0.1, -0.05) is 44.0 Å². The summed E-state index contributed by atoms with van der Waals surface area (Å²) >= 11 is 12.0. The fourth-order valence-corrected chi connectivity index (χ4v) is 2.38. The van der Waals surface area contributed by atoms with Crippen LogP contribution in [0.4, 0.5) is 5.69 Å². The number of halogens is 2. The molecule has 1 amide bonds. The molecule has 0 saturated heterocycles. The van der Waals surface area contributed by atoms with Gasteiger partial charge in [0.1, 0.15) is 0 Å². The summed E-state index contributed by atoms with van der Waals surface area (Å²) in [6, 6.07) is 2.96. The zero-order chi connectivity index (χ0) is 15.2. The Morgan fingerprint density at radius 1 is 1.15 bits per heavy atom. The number of amides is 1. The third-order valence-corrected chi connectivity index (χ3v) is 3.77. The number of fused-ring (bicyclic) bond motifs is 1. The predicted octanol–water partition coefficient (Wildman–Crippen LogP) is 3.14. The van der Waals surface area contributed by atoms with E-state index < -0.39 is 17.1 Å². The van der Waals surface area contributed by atoms with Crippen molar-refractivity contribution in [3.63, 3.8) is 0 Å². The van der Waals surface area contributed by atoms with Crippen LogP contribution >= 0.6 is 23.2 Å². The number of nitrogens with zero attached hydrogens (tertiary/aromatic N) is 1. The van der Waals surface area contributed by atoms with Crippen molar-refractivity contribution in [3.8, 4) is 0 Å². The smallest absolute Gasteiger partial charge is 0.297 e. The van der Waals surface area contributed by atoms with E-state index >= 15 is 0 Å². The van der Waals surface area contributed by atoms with Crippen molar-refractivity contribution in [2.24, 2.45) is 5.41 Å². The summed E-state index contributed by atoms with van der Waals surface area (Å²) in [5.41, 5.74) is -0.311. The van der Waals surface area contributed by atoms with Crippen LogP contribution in [0.1, 0.15) is 31.1 Å². The molecule has 0 atom stereocenters. The van der Waals surface area contributed by atoms with Crippen LogP contribution in [0.15, 0.2) is 12.1 Å². The van der Waals surface area contributed by atoms with Gasteiger partial charge in [0.25, 0.3) is 11.7 Å². The van der Waals surface area contributed by atoms with Gasteiger partial charge in [0.15, 0.2) is 5.78 Å². The van der Waals surface area contributed by atoms with Crippen molar-refractivity contribution in [3.05, 3.63) is 27.7 Å². The molecule has 0 radical (unpaired) electrons. The molecule has 1 heterocycles. The van der Waals surface area contributed by atoms with Crippen molar-refractivity contribution in [1.29, 1.82) is 0 Å². The van der Waals surface area contributed by atoms with E-state index in [-0.39, 0.29) is 33.6 Å². The zero-order valence-electron chi connectivity index (χ0n) is 11.3. The Hall–Kier alpha value is -1.39. The first kappa shape index (κ1) is 15.0. The SMILES string of the molecule is CC(C)(C)C(=O)CN1C(=O)C(=O)c2c(Cl)ccc(Cl)c21. The van der Waals surface area contributed by atoms with Gasteiger partial charge in [-0.2, -0.15) is 0 Å². The summed E-state index contributed by atoms with van der Waals surface area (Å²) < 4.78 is 0. The van der Waals surface area contributed by atoms with Crippen LogP contribution in [0.3, 0.4) is 0 Å². The molecule has 6 heteroatoms. The summed E-state index contributed by atoms with van der Waals surface area (Å²) in [6.45, 7) is 5.05. The van der Waals surface area contributed by atoms with Gasteiger partial charge in [-0.15, -0.1) is 0 Å². The highest BCUT2D eigenvalue weighted by Crippen LogP contribution is 2.40. The minimum Gasteiger partial charge on any atom is -0.297 e. The molecule has 1 aromatic rings. The number of hydrogen-bond donors (Lipinski definition) is 0. The Morgan fingerprint density at radius 3 is 2.25 bits per heavy atom. The van der Waals surface area contributed by atoms with E-state index in [2.05, 4.69) is 0 Å². The third kappa shape index (κ3) is 2.34. The van der Waals surface area contributed by atoms with E-state index in [4.69, 9.17) is 23.2 Å². The largest absolute Gasteiger partial charge is 0.299 e. The van der Waals surface area contributed by atoms with Crippen LogP contribution in [-0.4, -0.2) is 24.0 Å². The summed E-state index contributed by atoms with van der Waals surface area (Å²) in [5.74, 6) is -1.66. The Balaban J connectivity index is 2.49. The molecule has 0 aliphatic carbocycles. The Bertz CT molecular complexity index is 632. The van der Waals surface area contributed by atoms with Gasteiger partial charge < -0.3 is 0 Å². The van der Waals surface area contributed by atoms with E-state index in [9.17, 15) is 14.4 Å². The molecule has 0 fully saturated rings. The average molecular weight is 314 g/mol. The van der Waals surface area contributed by atoms with Gasteiger partial charge >= 0.3 is 0 Å². The monoisotopic (exact) mass is 313 g/mol. The molecule has 0 spiro atoms. The van der Waals surface area contributed by atoms with E-state index in [1.807, 2.05) is 0 Å². The van der Waals surface area contributed by atoms with Crippen molar-refractivity contribution in [1.82, 2.24) is 0 Å². The molecular formula is C14H13Cl2NO3. The Kier molecular flexibility index (Phi) is 3.65. The molecule has 1 aliphatic heterocycles. The number of benzene rings is 1. The fraction of sp³-hybridized carbons (Fsp3) is 0.357. The number of Topliss-reactive ketones (excluding diaryl/α,β-unsaturated/α-hetero) is 2. The molecule has 1 aromatic carbocycles. The van der Waals surface area contributed by atoms with Crippen molar-refractivity contribution < 1.29 is 14.4 Å². The molecule has 0 bridgehead atoms. The number of anilines is 1. The first-order valence-electron chi connectivity index (χ1n) is 6.02. The lowest BCUT2D eigenvalue weighted by atomic mass is 9.90. The topological polar surface area (TPSA) is 54.5 Å². The zero-order valence-corrected chi connectivity index (χ0v) is 12.8. The number of carbonyl (C=O) groups is 3. The van der Waals surface area contributed by atoms with Gasteiger partial charge in [0, 0.05) is 5.41 Å². The predicted molar refractivity (Wildman–Crippen MR) is 77.6 cm³/mol. The maximum Gasteiger partial charge on any atom is 0.299 e. The standard InChI is InChI=1S/C14H13Cl2NO3/c1-14(2,3)9(18)6-17-11-8(16)5-4-7(15)10(11)12(19)13(17)20/h4-5H,6H2,1-3H3. The summed E-state index contributed by atoms with van der Waals surface area (Å²) in [6.07, 6.45) is 0. The van der Waals surface area contributed by atoms with E-state index in [1.165, 1.54) is 12.1 Å². The van der Waals surface area contributed by atoms with Gasteiger partial charge in [0.2, 0.25) is 0 Å². The van der Waals surface area contributed by atoms with Crippen LogP contribution in [0, 0.1) is 5.41 Å². The van der Waals surface area contributed by atoms with Gasteiger partial charge in [-0.3, -0.25) is 19.3 Å². The highest BCUT2D eigenvalue weighted by atomic mass is 35.5. The quantitative estimate of drug-likeness (QED) is 0.788. The van der Waals surface area contributed by atoms with Crippen molar-refractivity contribution in [2.75, 3.05) is 11.4 Å². The summed E-state index contributed by atoms with van der Waals surface area (Å²) in [4.78, 5) is 37.2. The summed E-state index contributed by atoms with van der Waals surface area (Å²) in [5, 5.41) is 0.388. The lowest BCUT2D eigenvalue weighted by Gasteiger charge is -2.22. The van der Waals surface area contributed by atoms with E-state index in [0.717, 1.165) is 4.90 Å². The molecule has 0 saturated carbocycles. The van der Waals surface area contributed by atoms with Crippen LogP contribution in [0.2, 0.25) is 10.0 Å². The van der Waals surface area contributed by atoms with E-state index in [1.54, 1.807) is 20.8 Å². The maximum atomic E-state index is 12.1. The molecule has 1 aliphatic rings. The first-order chi connectivity index (χ1) is 9.14.